The molecule has 1 aromatic carbocycles. The molecule has 5 nitrogen and oxygen atoms in total. The first kappa shape index (κ1) is 19.5. The molecule has 2 N–H and O–H groups in total. The van der Waals surface area contributed by atoms with Crippen molar-refractivity contribution >= 4 is 21.8 Å². The number of carbonyl (C=O) groups excluding carboxylic acids is 1. The van der Waals surface area contributed by atoms with E-state index in [4.69, 9.17) is 4.74 Å². The molecule has 0 aliphatic carbocycles. The largest absolute Gasteiger partial charge is 0.488 e. The monoisotopic (exact) mass is 382 g/mol. The van der Waals surface area contributed by atoms with Gasteiger partial charge in [0.15, 0.2) is 6.54 Å². The fourth-order valence-corrected chi connectivity index (χ4v) is 2.14. The van der Waals surface area contributed by atoms with Crippen molar-refractivity contribution in [2.24, 2.45) is 5.92 Å². The zero-order valence-electron chi connectivity index (χ0n) is 14.1. The third-order valence-electron chi connectivity index (χ3n) is 3.86. The molecule has 0 aliphatic heterocycles. The van der Waals surface area contributed by atoms with Crippen LogP contribution >= 0.6 is 15.9 Å². The lowest BCUT2D eigenvalue weighted by atomic mass is 9.90. The van der Waals surface area contributed by atoms with E-state index in [0.29, 0.717) is 19.7 Å². The molecule has 126 valence electrons. The molecule has 1 rings (SSSR count). The quantitative estimate of drug-likeness (QED) is 0.713. The fraction of sp³-hybridized carbons (Fsp3) is 0.529. The second kappa shape index (κ2) is 8.90. The minimum atomic E-state index is -0.828. The van der Waals surface area contributed by atoms with Crippen LogP contribution < -0.4 is 15.0 Å². The summed E-state index contributed by atoms with van der Waals surface area (Å²) in [6, 6.07) is 9.82. The third kappa shape index (κ3) is 6.59. The Hall–Kier alpha value is -1.58. The van der Waals surface area contributed by atoms with Crippen molar-refractivity contribution in [3.05, 3.63) is 28.7 Å². The second-order valence-electron chi connectivity index (χ2n) is 6.20. The number of halogens is 1. The number of nitrogens with zero attached hydrogens (tertiary/aromatic N) is 1. The van der Waals surface area contributed by atoms with Crippen LogP contribution in [0.5, 0.6) is 5.75 Å². The number of nitriles is 1. The highest BCUT2D eigenvalue weighted by Gasteiger charge is 2.30. The van der Waals surface area contributed by atoms with Crippen molar-refractivity contribution in [1.29, 1.82) is 5.26 Å². The van der Waals surface area contributed by atoms with Crippen molar-refractivity contribution in [3.8, 4) is 11.8 Å². The summed E-state index contributed by atoms with van der Waals surface area (Å²) in [5, 5.41) is 12.1. The smallest absolute Gasteiger partial charge is 0.276 e. The topological polar surface area (TPSA) is 66.6 Å². The molecule has 6 heteroatoms. The molecule has 0 radical (unpaired) electrons. The highest BCUT2D eigenvalue weighted by atomic mass is 79.9. The van der Waals surface area contributed by atoms with Gasteiger partial charge in [0, 0.05) is 4.47 Å². The van der Waals surface area contributed by atoms with Gasteiger partial charge in [-0.1, -0.05) is 29.8 Å². The van der Waals surface area contributed by atoms with Crippen LogP contribution in [0, 0.1) is 17.2 Å². The molecule has 2 atom stereocenters. The van der Waals surface area contributed by atoms with Gasteiger partial charge in [-0.15, -0.1) is 0 Å². The van der Waals surface area contributed by atoms with Crippen molar-refractivity contribution in [3.63, 3.8) is 0 Å². The number of nitrogens with one attached hydrogen (secondary N) is 2. The Labute approximate surface area is 146 Å². The van der Waals surface area contributed by atoms with Gasteiger partial charge in [-0.25, -0.2) is 0 Å². The summed E-state index contributed by atoms with van der Waals surface area (Å²) >= 11 is 3.38. The number of ether oxygens (including phenoxy) is 1. The third-order valence-corrected chi connectivity index (χ3v) is 4.39. The van der Waals surface area contributed by atoms with Crippen LogP contribution in [-0.2, 0) is 4.79 Å². The maximum atomic E-state index is 12.1. The summed E-state index contributed by atoms with van der Waals surface area (Å²) in [5.74, 6) is 0.740. The lowest BCUT2D eigenvalue weighted by molar-refractivity contribution is -0.871. The summed E-state index contributed by atoms with van der Waals surface area (Å²) in [6.45, 7) is 7.14. The van der Waals surface area contributed by atoms with Gasteiger partial charge in [0.2, 0.25) is 0 Å². The SMILES string of the molecule is CC(C)[C@@](C)(C#N)NC(=O)C[NH+](C)CCOc1ccc(Br)cc1. The van der Waals surface area contributed by atoms with Gasteiger partial charge < -0.3 is 15.0 Å². The maximum absolute atomic E-state index is 12.1. The first-order valence-electron chi connectivity index (χ1n) is 7.68. The van der Waals surface area contributed by atoms with Gasteiger partial charge >= 0.3 is 0 Å². The summed E-state index contributed by atoms with van der Waals surface area (Å²) < 4.78 is 6.66. The average molecular weight is 383 g/mol. The van der Waals surface area contributed by atoms with Crippen molar-refractivity contribution in [2.75, 3.05) is 26.7 Å². The molecule has 0 heterocycles. The van der Waals surface area contributed by atoms with Gasteiger partial charge in [-0.2, -0.15) is 5.26 Å². The molecule has 23 heavy (non-hydrogen) atoms. The van der Waals surface area contributed by atoms with Gasteiger partial charge in [-0.05, 0) is 37.1 Å². The lowest BCUT2D eigenvalue weighted by Gasteiger charge is -2.27. The van der Waals surface area contributed by atoms with E-state index >= 15 is 0 Å². The van der Waals surface area contributed by atoms with E-state index in [1.54, 1.807) is 6.92 Å². The number of hydrogen-bond acceptors (Lipinski definition) is 3. The Balaban J connectivity index is 2.36. The minimum Gasteiger partial charge on any atom is -0.488 e. The van der Waals surface area contributed by atoms with Gasteiger partial charge in [0.05, 0.1) is 13.1 Å². The summed E-state index contributed by atoms with van der Waals surface area (Å²) in [7, 11) is 1.93. The zero-order valence-corrected chi connectivity index (χ0v) is 15.7. The molecule has 0 aromatic heterocycles. The molecule has 0 fully saturated rings. The standard InChI is InChI=1S/C17H24BrN3O2/c1-13(2)17(3,12-19)20-16(22)11-21(4)9-10-23-15-7-5-14(18)6-8-15/h5-8,13H,9-11H2,1-4H3,(H,20,22)/p+1/t17-/m1/s1. The first-order valence-corrected chi connectivity index (χ1v) is 8.48. The Morgan fingerprint density at radius 1 is 1.43 bits per heavy atom. The molecule has 0 saturated heterocycles. The number of hydrogen-bond donors (Lipinski definition) is 2. The molecule has 1 unspecified atom stereocenters. The Morgan fingerprint density at radius 3 is 2.57 bits per heavy atom. The summed E-state index contributed by atoms with van der Waals surface area (Å²) in [6.07, 6.45) is 0. The van der Waals surface area contributed by atoms with Crippen LogP contribution in [0.2, 0.25) is 0 Å². The van der Waals surface area contributed by atoms with Crippen molar-refractivity contribution < 1.29 is 14.4 Å². The second-order valence-corrected chi connectivity index (χ2v) is 7.12. The molecule has 0 saturated carbocycles. The zero-order chi connectivity index (χ0) is 17.5. The van der Waals surface area contributed by atoms with Crippen molar-refractivity contribution in [1.82, 2.24) is 5.32 Å². The number of quaternary nitrogens is 1. The summed E-state index contributed by atoms with van der Waals surface area (Å²) in [5.41, 5.74) is -0.828. The van der Waals surface area contributed by atoms with Crippen LogP contribution in [0.15, 0.2) is 28.7 Å². The predicted molar refractivity (Wildman–Crippen MR) is 93.3 cm³/mol. The van der Waals surface area contributed by atoms with Crippen LogP contribution in [0.3, 0.4) is 0 Å². The minimum absolute atomic E-state index is 0.0532. The van der Waals surface area contributed by atoms with E-state index in [2.05, 4.69) is 27.3 Å². The molecule has 1 aromatic rings. The molecular weight excluding hydrogens is 358 g/mol. The van der Waals surface area contributed by atoms with E-state index in [0.717, 1.165) is 15.1 Å². The predicted octanol–water partition coefficient (Wildman–Crippen LogP) is 1.40. The summed E-state index contributed by atoms with van der Waals surface area (Å²) in [4.78, 5) is 13.1. The van der Waals surface area contributed by atoms with Crippen LogP contribution in [-0.4, -0.2) is 38.2 Å². The molecule has 0 spiro atoms. The van der Waals surface area contributed by atoms with Crippen LogP contribution in [0.4, 0.5) is 0 Å². The van der Waals surface area contributed by atoms with Gasteiger partial charge in [0.1, 0.15) is 24.4 Å². The van der Waals surface area contributed by atoms with E-state index in [1.165, 1.54) is 0 Å². The molecule has 1 amide bonds. The average Bonchev–Trinajstić information content (AvgIpc) is 2.48. The number of carbonyl (C=O) groups is 1. The van der Waals surface area contributed by atoms with Crippen LogP contribution in [0.25, 0.3) is 0 Å². The number of amides is 1. The van der Waals surface area contributed by atoms with Crippen molar-refractivity contribution in [2.45, 2.75) is 26.3 Å². The highest BCUT2D eigenvalue weighted by Crippen LogP contribution is 2.16. The van der Waals surface area contributed by atoms with E-state index in [1.807, 2.05) is 45.2 Å². The Morgan fingerprint density at radius 2 is 2.04 bits per heavy atom. The molecule has 0 bridgehead atoms. The highest BCUT2D eigenvalue weighted by molar-refractivity contribution is 9.10. The molecular formula is C17H25BrN3O2+. The normalized spacial score (nSPS) is 14.7. The maximum Gasteiger partial charge on any atom is 0.276 e. The Bertz CT molecular complexity index is 554. The van der Waals surface area contributed by atoms with Gasteiger partial charge in [0.25, 0.3) is 5.91 Å². The van der Waals surface area contributed by atoms with E-state index in [-0.39, 0.29) is 11.8 Å². The van der Waals surface area contributed by atoms with E-state index < -0.39 is 5.54 Å². The molecule has 0 aliphatic rings. The first-order chi connectivity index (χ1) is 10.8. The Kier molecular flexibility index (Phi) is 7.53. The van der Waals surface area contributed by atoms with Crippen LogP contribution in [0.1, 0.15) is 20.8 Å². The fourth-order valence-electron chi connectivity index (χ4n) is 1.87. The number of rotatable bonds is 8. The number of likely N-dealkylation sites (N-methyl/N-ethyl adjacent to an activating group) is 1. The van der Waals surface area contributed by atoms with E-state index in [9.17, 15) is 10.1 Å². The lowest BCUT2D eigenvalue weighted by Crippen LogP contribution is -3.11. The van der Waals surface area contributed by atoms with Gasteiger partial charge in [-0.3, -0.25) is 4.79 Å². The number of benzene rings is 1.